The van der Waals surface area contributed by atoms with Gasteiger partial charge in [0.25, 0.3) is 5.56 Å². The molecule has 0 radical (unpaired) electrons. The second kappa shape index (κ2) is 6.04. The average Bonchev–Trinajstić information content (AvgIpc) is 2.37. The molecule has 0 bridgehead atoms. The van der Waals surface area contributed by atoms with Crippen LogP contribution < -0.4 is 5.56 Å². The molecule has 5 heteroatoms. The number of nitrogens with zero attached hydrogens (tertiary/aromatic N) is 1. The number of aromatic amines is 1. The fourth-order valence-electron chi connectivity index (χ4n) is 2.79. The molecule has 0 unspecified atom stereocenters. The van der Waals surface area contributed by atoms with Gasteiger partial charge >= 0.3 is 0 Å². The zero-order valence-corrected chi connectivity index (χ0v) is 12.7. The Bertz CT molecular complexity index is 465. The molecule has 0 atom stereocenters. The Balaban J connectivity index is 2.08. The number of nitrogens with one attached hydrogen (secondary N) is 1. The monoisotopic (exact) mass is 362 g/mol. The van der Waals surface area contributed by atoms with Crippen LogP contribution in [0.1, 0.15) is 57.2 Å². The molecule has 4 nitrogen and oxygen atoms in total. The topological polar surface area (TPSA) is 66.0 Å². The van der Waals surface area contributed by atoms with E-state index in [2.05, 4.69) is 16.9 Å². The minimum atomic E-state index is -0.228. The zero-order valence-electron chi connectivity index (χ0n) is 10.6. The van der Waals surface area contributed by atoms with Crippen LogP contribution in [0.5, 0.6) is 5.88 Å². The summed E-state index contributed by atoms with van der Waals surface area (Å²) in [6.45, 7) is 2.22. The first kappa shape index (κ1) is 13.8. The van der Waals surface area contributed by atoms with E-state index in [4.69, 9.17) is 0 Å². The first-order valence-electron chi connectivity index (χ1n) is 6.60. The molecule has 0 aliphatic heterocycles. The minimum absolute atomic E-state index is 0.134. The Kier molecular flexibility index (Phi) is 4.64. The van der Waals surface area contributed by atoms with Crippen LogP contribution in [0.2, 0.25) is 0 Å². The van der Waals surface area contributed by atoms with Crippen molar-refractivity contribution in [3.63, 3.8) is 0 Å². The third-order valence-electron chi connectivity index (χ3n) is 3.79. The fraction of sp³-hybridized carbons (Fsp3) is 0.692. The largest absolute Gasteiger partial charge is 0.492 e. The van der Waals surface area contributed by atoms with E-state index in [1.54, 1.807) is 0 Å². The van der Waals surface area contributed by atoms with Crippen molar-refractivity contribution in [3.05, 3.63) is 19.7 Å². The minimum Gasteiger partial charge on any atom is -0.492 e. The lowest BCUT2D eigenvalue weighted by Crippen LogP contribution is -2.20. The summed E-state index contributed by atoms with van der Waals surface area (Å²) >= 11 is 1.81. The predicted molar refractivity (Wildman–Crippen MR) is 78.8 cm³/mol. The van der Waals surface area contributed by atoms with Gasteiger partial charge in [0.1, 0.15) is 9.39 Å². The highest BCUT2D eigenvalue weighted by Gasteiger charge is 2.24. The molecular formula is C13H19IN2O2. The highest BCUT2D eigenvalue weighted by Crippen LogP contribution is 2.36. The van der Waals surface area contributed by atoms with Crippen molar-refractivity contribution >= 4 is 22.6 Å². The van der Waals surface area contributed by atoms with Crippen molar-refractivity contribution in [2.75, 3.05) is 0 Å². The Morgan fingerprint density at radius 3 is 2.61 bits per heavy atom. The van der Waals surface area contributed by atoms with Crippen molar-refractivity contribution in [1.82, 2.24) is 9.97 Å². The third kappa shape index (κ3) is 3.05. The molecular weight excluding hydrogens is 343 g/mol. The van der Waals surface area contributed by atoms with E-state index >= 15 is 0 Å². The maximum Gasteiger partial charge on any atom is 0.268 e. The number of rotatable bonds is 3. The highest BCUT2D eigenvalue weighted by atomic mass is 127. The first-order valence-corrected chi connectivity index (χ1v) is 7.68. The molecule has 0 spiro atoms. The molecule has 0 aromatic carbocycles. The van der Waals surface area contributed by atoms with E-state index in [0.29, 0.717) is 11.7 Å². The molecule has 1 aliphatic carbocycles. The molecule has 1 heterocycles. The van der Waals surface area contributed by atoms with Crippen molar-refractivity contribution in [3.8, 4) is 5.88 Å². The fourth-order valence-corrected chi connectivity index (χ4v) is 3.05. The van der Waals surface area contributed by atoms with Gasteiger partial charge in [-0.05, 0) is 54.2 Å². The smallest absolute Gasteiger partial charge is 0.268 e. The van der Waals surface area contributed by atoms with Crippen LogP contribution in [0, 0.1) is 9.49 Å². The molecule has 1 aliphatic rings. The Hall–Kier alpha value is -0.590. The third-order valence-corrected chi connectivity index (χ3v) is 4.77. The molecule has 1 aromatic rings. The summed E-state index contributed by atoms with van der Waals surface area (Å²) in [5.74, 6) is 1.65. The lowest BCUT2D eigenvalue weighted by atomic mass is 9.80. The van der Waals surface area contributed by atoms with Crippen LogP contribution in [-0.4, -0.2) is 15.1 Å². The maximum atomic E-state index is 11.6. The van der Waals surface area contributed by atoms with Gasteiger partial charge in [0, 0.05) is 5.92 Å². The van der Waals surface area contributed by atoms with Gasteiger partial charge in [-0.1, -0.05) is 19.8 Å². The summed E-state index contributed by atoms with van der Waals surface area (Å²) in [6, 6.07) is 0. The van der Waals surface area contributed by atoms with Gasteiger partial charge in [0.15, 0.2) is 0 Å². The van der Waals surface area contributed by atoms with Gasteiger partial charge in [0.05, 0.1) is 0 Å². The van der Waals surface area contributed by atoms with Crippen LogP contribution in [0.3, 0.4) is 0 Å². The van der Waals surface area contributed by atoms with Crippen molar-refractivity contribution in [2.45, 2.75) is 51.4 Å². The van der Waals surface area contributed by atoms with Gasteiger partial charge in [-0.15, -0.1) is 0 Å². The lowest BCUT2D eigenvalue weighted by molar-refractivity contribution is 0.300. The zero-order chi connectivity index (χ0) is 13.1. The number of halogens is 1. The number of hydrogen-bond acceptors (Lipinski definition) is 3. The number of aromatic hydroxyl groups is 1. The van der Waals surface area contributed by atoms with Crippen LogP contribution in [0.4, 0.5) is 0 Å². The van der Waals surface area contributed by atoms with Crippen molar-refractivity contribution in [1.29, 1.82) is 0 Å². The summed E-state index contributed by atoms with van der Waals surface area (Å²) < 4.78 is 0.274. The SMILES string of the molecule is CCCC1CCC(c2nc(O)c(I)c(=O)[nH]2)CC1. The van der Waals surface area contributed by atoms with E-state index in [1.165, 1.54) is 25.7 Å². The van der Waals surface area contributed by atoms with Gasteiger partial charge < -0.3 is 10.1 Å². The van der Waals surface area contributed by atoms with E-state index in [-0.39, 0.29) is 15.0 Å². The number of aromatic nitrogens is 2. The van der Waals surface area contributed by atoms with Gasteiger partial charge in [-0.25, -0.2) is 0 Å². The van der Waals surface area contributed by atoms with Gasteiger partial charge in [0.2, 0.25) is 5.88 Å². The van der Waals surface area contributed by atoms with Crippen LogP contribution in [-0.2, 0) is 0 Å². The summed E-state index contributed by atoms with van der Waals surface area (Å²) in [7, 11) is 0. The molecule has 18 heavy (non-hydrogen) atoms. The van der Waals surface area contributed by atoms with Crippen LogP contribution >= 0.6 is 22.6 Å². The first-order chi connectivity index (χ1) is 8.61. The van der Waals surface area contributed by atoms with Crippen LogP contribution in [0.25, 0.3) is 0 Å². The van der Waals surface area contributed by atoms with E-state index < -0.39 is 0 Å². The number of H-pyrrole nitrogens is 1. The Labute approximate surface area is 120 Å². The second-order valence-corrected chi connectivity index (χ2v) is 6.17. The summed E-state index contributed by atoms with van der Waals surface area (Å²) in [6.07, 6.45) is 7.08. The molecule has 100 valence electrons. The molecule has 1 fully saturated rings. The second-order valence-electron chi connectivity index (χ2n) is 5.10. The molecule has 0 amide bonds. The van der Waals surface area contributed by atoms with Gasteiger partial charge in [-0.2, -0.15) is 4.98 Å². The van der Waals surface area contributed by atoms with E-state index in [1.807, 2.05) is 22.6 Å². The highest BCUT2D eigenvalue weighted by molar-refractivity contribution is 14.1. The summed E-state index contributed by atoms with van der Waals surface area (Å²) in [4.78, 5) is 18.5. The molecule has 0 saturated heterocycles. The number of hydrogen-bond donors (Lipinski definition) is 2. The molecule has 2 N–H and O–H groups in total. The Morgan fingerprint density at radius 2 is 2.06 bits per heavy atom. The molecule has 1 saturated carbocycles. The van der Waals surface area contributed by atoms with Crippen LogP contribution in [0.15, 0.2) is 4.79 Å². The summed E-state index contributed by atoms with van der Waals surface area (Å²) in [5, 5.41) is 9.61. The quantitative estimate of drug-likeness (QED) is 0.812. The van der Waals surface area contributed by atoms with Gasteiger partial charge in [-0.3, -0.25) is 4.79 Å². The molecule has 1 aromatic heterocycles. The molecule has 2 rings (SSSR count). The van der Waals surface area contributed by atoms with E-state index in [0.717, 1.165) is 18.8 Å². The van der Waals surface area contributed by atoms with E-state index in [9.17, 15) is 9.90 Å². The van der Waals surface area contributed by atoms with Crippen molar-refractivity contribution in [2.24, 2.45) is 5.92 Å². The normalized spacial score (nSPS) is 24.1. The average molecular weight is 362 g/mol. The lowest BCUT2D eigenvalue weighted by Gasteiger charge is -2.27. The van der Waals surface area contributed by atoms with Crippen molar-refractivity contribution < 1.29 is 5.11 Å². The summed E-state index contributed by atoms with van der Waals surface area (Å²) in [5.41, 5.74) is -0.228. The Morgan fingerprint density at radius 1 is 1.39 bits per heavy atom. The predicted octanol–water partition coefficient (Wildman–Crippen LogP) is 3.15. The maximum absolute atomic E-state index is 11.6. The standard InChI is InChI=1S/C13H19IN2O2/c1-2-3-8-4-6-9(7-5-8)11-15-12(17)10(14)13(18)16-11/h8-9H,2-7H2,1H3,(H2,15,16,17,18).